The van der Waals surface area contributed by atoms with Gasteiger partial charge in [-0.2, -0.15) is 9.49 Å². The average Bonchev–Trinajstić information content (AvgIpc) is 3.35. The number of hydrogen-bond acceptors (Lipinski definition) is 7. The van der Waals surface area contributed by atoms with E-state index in [2.05, 4.69) is 9.84 Å². The Morgan fingerprint density at radius 1 is 1.00 bits per heavy atom. The van der Waals surface area contributed by atoms with Crippen LogP contribution >= 0.6 is 11.8 Å². The number of thioether (sulfide) groups is 1. The number of nitrogens with zero attached hydrogens (tertiary/aromatic N) is 2. The molecule has 0 fully saturated rings. The van der Waals surface area contributed by atoms with Gasteiger partial charge in [0, 0.05) is 11.1 Å². The Morgan fingerprint density at radius 3 is 2.32 bits per heavy atom. The van der Waals surface area contributed by atoms with Crippen molar-refractivity contribution < 1.29 is 41.4 Å². The Hall–Kier alpha value is -4.26. The highest BCUT2D eigenvalue weighted by Gasteiger charge is 2.39. The van der Waals surface area contributed by atoms with Crippen molar-refractivity contribution in [3.05, 3.63) is 88.5 Å². The summed E-state index contributed by atoms with van der Waals surface area (Å²) < 4.78 is 72.3. The molecule has 2 N–H and O–H groups in total. The topological polar surface area (TPSA) is 103 Å². The number of rotatable bonds is 8. The number of amides is 2. The summed E-state index contributed by atoms with van der Waals surface area (Å²) in [5.74, 6) is -7.72. The molecule has 1 aliphatic rings. The van der Waals surface area contributed by atoms with Gasteiger partial charge in [0.2, 0.25) is 5.82 Å². The van der Waals surface area contributed by atoms with Gasteiger partial charge in [0.15, 0.2) is 35.5 Å². The molecule has 0 aliphatic carbocycles. The van der Waals surface area contributed by atoms with Crippen molar-refractivity contribution in [1.29, 1.82) is 0 Å². The van der Waals surface area contributed by atoms with Gasteiger partial charge in [0.05, 0.1) is 19.8 Å². The van der Waals surface area contributed by atoms with Crippen LogP contribution in [0.3, 0.4) is 0 Å². The molecule has 0 bridgehead atoms. The largest absolute Gasteiger partial charge is 0.492 e. The summed E-state index contributed by atoms with van der Waals surface area (Å²) in [4.78, 5) is 24.8. The van der Waals surface area contributed by atoms with Crippen molar-refractivity contribution >= 4 is 28.6 Å². The van der Waals surface area contributed by atoms with Crippen LogP contribution in [0.1, 0.15) is 26.9 Å². The molecule has 1 unspecified atom stereocenters. The van der Waals surface area contributed by atoms with Crippen LogP contribution in [-0.4, -0.2) is 42.7 Å². The van der Waals surface area contributed by atoms with Crippen LogP contribution in [0.25, 0.3) is 0 Å². The smallest absolute Gasteiger partial charge is 0.278 e. The summed E-state index contributed by atoms with van der Waals surface area (Å²) in [6, 6.07) is 10.3. The molecule has 2 amide bonds. The zero-order valence-electron chi connectivity index (χ0n) is 19.8. The number of nitrogens with two attached hydrogens (primary N) is 1. The van der Waals surface area contributed by atoms with E-state index >= 15 is 4.39 Å². The molecule has 0 saturated heterocycles. The Morgan fingerprint density at radius 2 is 1.68 bits per heavy atom. The summed E-state index contributed by atoms with van der Waals surface area (Å²) >= 11 is 1.02. The van der Waals surface area contributed by atoms with Crippen LogP contribution in [0.2, 0.25) is 0 Å². The number of halogens is 4. The predicted octanol–water partition coefficient (Wildman–Crippen LogP) is 4.37. The van der Waals surface area contributed by atoms with Gasteiger partial charge in [-0.25, -0.2) is 18.2 Å². The van der Waals surface area contributed by atoms with Crippen molar-refractivity contribution in [2.45, 2.75) is 5.37 Å². The van der Waals surface area contributed by atoms with Crippen LogP contribution in [0.5, 0.6) is 17.2 Å². The van der Waals surface area contributed by atoms with E-state index in [4.69, 9.17) is 15.2 Å². The second-order valence-electron chi connectivity index (χ2n) is 7.73. The number of para-hydroxylation sites is 1. The first-order chi connectivity index (χ1) is 18.2. The van der Waals surface area contributed by atoms with E-state index in [1.165, 1.54) is 37.4 Å². The Kier molecular flexibility index (Phi) is 7.76. The molecule has 1 heterocycles. The lowest BCUT2D eigenvalue weighted by molar-refractivity contribution is -0.119. The number of ether oxygens (including phenoxy) is 3. The number of hydrazone groups is 1. The zero-order valence-corrected chi connectivity index (χ0v) is 20.7. The van der Waals surface area contributed by atoms with Gasteiger partial charge >= 0.3 is 0 Å². The van der Waals surface area contributed by atoms with Crippen LogP contribution in [0, 0.1) is 23.3 Å². The monoisotopic (exact) mass is 549 g/mol. The van der Waals surface area contributed by atoms with Crippen molar-refractivity contribution in [3.8, 4) is 17.2 Å². The third-order valence-corrected chi connectivity index (χ3v) is 6.56. The molecular formula is C25H19F4N3O5S. The molecule has 0 saturated carbocycles. The maximum absolute atomic E-state index is 15.0. The summed E-state index contributed by atoms with van der Waals surface area (Å²) in [7, 11) is 2.25. The molecule has 198 valence electrons. The first-order valence-electron chi connectivity index (χ1n) is 10.8. The Bertz CT molecular complexity index is 1440. The number of primary amides is 1. The molecule has 38 heavy (non-hydrogen) atoms. The number of benzene rings is 3. The highest BCUT2D eigenvalue weighted by Crippen LogP contribution is 2.48. The molecule has 3 aromatic rings. The van der Waals surface area contributed by atoms with Crippen LogP contribution < -0.4 is 19.9 Å². The fourth-order valence-electron chi connectivity index (χ4n) is 3.64. The first-order valence-corrected chi connectivity index (χ1v) is 11.7. The van der Waals surface area contributed by atoms with E-state index in [-0.39, 0.29) is 16.5 Å². The minimum atomic E-state index is -1.59. The molecule has 8 nitrogen and oxygen atoms in total. The van der Waals surface area contributed by atoms with Gasteiger partial charge in [-0.05, 0) is 36.4 Å². The Balaban J connectivity index is 1.84. The lowest BCUT2D eigenvalue weighted by atomic mass is 10.1. The molecule has 3 aromatic carbocycles. The normalized spacial score (nSPS) is 14.7. The van der Waals surface area contributed by atoms with E-state index in [0.717, 1.165) is 23.9 Å². The fourth-order valence-corrected chi connectivity index (χ4v) is 4.82. The maximum Gasteiger partial charge on any atom is 0.278 e. The van der Waals surface area contributed by atoms with Crippen molar-refractivity contribution in [1.82, 2.24) is 5.01 Å². The van der Waals surface area contributed by atoms with Crippen LogP contribution in [0.4, 0.5) is 17.6 Å². The van der Waals surface area contributed by atoms with E-state index in [0.29, 0.717) is 17.2 Å². The minimum Gasteiger partial charge on any atom is -0.492 e. The molecule has 13 heteroatoms. The van der Waals surface area contributed by atoms with E-state index in [9.17, 15) is 22.8 Å². The lowest BCUT2D eigenvalue weighted by Crippen LogP contribution is -2.28. The van der Waals surface area contributed by atoms with Gasteiger partial charge in [-0.15, -0.1) is 0 Å². The summed E-state index contributed by atoms with van der Waals surface area (Å²) in [6.07, 6.45) is 0. The van der Waals surface area contributed by atoms with Crippen LogP contribution in [0.15, 0.2) is 53.6 Å². The Labute approximate surface area is 218 Å². The number of carbonyl (C=O) groups is 2. The maximum atomic E-state index is 15.0. The standard InChI is InChI=1S/C25H19F4N3O5S/c1-35-21-14(4-3-5-17(21)37-11-18(30)33)25-32(31-23(38-25)12-6-8-13(26)9-7-12)24(34)15-10-16(27)20(29)22(36-2)19(15)28/h3-10,25H,11H2,1-2H3,(H2,30,33). The number of hydrogen-bond donors (Lipinski definition) is 1. The molecule has 1 atom stereocenters. The molecule has 0 radical (unpaired) electrons. The van der Waals surface area contributed by atoms with E-state index < -0.39 is 58.4 Å². The fraction of sp³-hybridized carbons (Fsp3) is 0.160. The van der Waals surface area contributed by atoms with Gasteiger partial charge in [0.25, 0.3) is 11.8 Å². The quantitative estimate of drug-likeness (QED) is 0.331. The van der Waals surface area contributed by atoms with Crippen molar-refractivity contribution in [2.75, 3.05) is 20.8 Å². The van der Waals surface area contributed by atoms with Gasteiger partial charge in [-0.1, -0.05) is 23.9 Å². The minimum absolute atomic E-state index is 0.114. The molecule has 0 aromatic heterocycles. The van der Waals surface area contributed by atoms with Gasteiger partial charge < -0.3 is 19.9 Å². The SMILES string of the molecule is COc1c(OCC(N)=O)cccc1C1SC(c2ccc(F)cc2)=NN1C(=O)c1cc(F)c(F)c(OC)c1F. The second kappa shape index (κ2) is 11.0. The number of methoxy groups -OCH3 is 2. The highest BCUT2D eigenvalue weighted by molar-refractivity contribution is 8.14. The third-order valence-electron chi connectivity index (χ3n) is 5.34. The molecule has 0 spiro atoms. The second-order valence-corrected chi connectivity index (χ2v) is 8.80. The predicted molar refractivity (Wildman–Crippen MR) is 130 cm³/mol. The number of carbonyl (C=O) groups excluding carboxylic acids is 2. The lowest BCUT2D eigenvalue weighted by Gasteiger charge is -2.24. The third kappa shape index (κ3) is 5.09. The van der Waals surface area contributed by atoms with Gasteiger partial charge in [0.1, 0.15) is 16.2 Å². The first kappa shape index (κ1) is 26.8. The summed E-state index contributed by atoms with van der Waals surface area (Å²) in [5, 5.41) is 4.36. The van der Waals surface area contributed by atoms with E-state index in [1.54, 1.807) is 12.1 Å². The van der Waals surface area contributed by atoms with E-state index in [1.807, 2.05) is 0 Å². The van der Waals surface area contributed by atoms with Gasteiger partial charge in [-0.3, -0.25) is 9.59 Å². The average molecular weight is 550 g/mol. The highest BCUT2D eigenvalue weighted by atomic mass is 32.2. The molecular weight excluding hydrogens is 530 g/mol. The summed E-state index contributed by atoms with van der Waals surface area (Å²) in [6.45, 7) is -0.461. The molecule has 4 rings (SSSR count). The van der Waals surface area contributed by atoms with Crippen molar-refractivity contribution in [3.63, 3.8) is 0 Å². The molecule has 1 aliphatic heterocycles. The van der Waals surface area contributed by atoms with Crippen molar-refractivity contribution in [2.24, 2.45) is 10.8 Å². The zero-order chi connectivity index (χ0) is 27.6. The summed E-state index contributed by atoms with van der Waals surface area (Å²) in [5.41, 5.74) is 5.06. The van der Waals surface area contributed by atoms with Crippen LogP contribution in [-0.2, 0) is 4.79 Å².